The van der Waals surface area contributed by atoms with Crippen molar-refractivity contribution in [2.75, 3.05) is 18.8 Å². The first-order valence-corrected chi connectivity index (χ1v) is 8.08. The first kappa shape index (κ1) is 15.2. The molecule has 20 heavy (non-hydrogen) atoms. The predicted molar refractivity (Wildman–Crippen MR) is 78.8 cm³/mol. The molecule has 112 valence electrons. The molecular formula is C13H22N4O2S. The van der Waals surface area contributed by atoms with E-state index in [0.717, 1.165) is 18.7 Å². The minimum atomic E-state index is 0.0337. The van der Waals surface area contributed by atoms with Gasteiger partial charge < -0.3 is 14.7 Å². The summed E-state index contributed by atoms with van der Waals surface area (Å²) in [5.74, 6) is 2.30. The molecule has 2 heterocycles. The zero-order chi connectivity index (χ0) is 14.5. The summed E-state index contributed by atoms with van der Waals surface area (Å²) in [6.07, 6.45) is 1.50. The van der Waals surface area contributed by atoms with Gasteiger partial charge in [0.05, 0.1) is 0 Å². The predicted octanol–water partition coefficient (Wildman–Crippen LogP) is 1.85. The first-order valence-electron chi connectivity index (χ1n) is 7.03. The van der Waals surface area contributed by atoms with Crippen molar-refractivity contribution in [2.24, 2.45) is 0 Å². The van der Waals surface area contributed by atoms with Crippen LogP contribution >= 0.6 is 11.8 Å². The Morgan fingerprint density at radius 3 is 3.05 bits per heavy atom. The van der Waals surface area contributed by atoms with Gasteiger partial charge in [-0.05, 0) is 20.3 Å². The number of aromatic nitrogens is 2. The van der Waals surface area contributed by atoms with Gasteiger partial charge in [0, 0.05) is 36.6 Å². The van der Waals surface area contributed by atoms with Crippen molar-refractivity contribution in [1.82, 2.24) is 20.4 Å². The van der Waals surface area contributed by atoms with Crippen molar-refractivity contribution in [3.05, 3.63) is 11.7 Å². The highest BCUT2D eigenvalue weighted by molar-refractivity contribution is 8.00. The van der Waals surface area contributed by atoms with E-state index in [2.05, 4.69) is 29.3 Å². The molecule has 7 heteroatoms. The van der Waals surface area contributed by atoms with E-state index in [1.165, 1.54) is 0 Å². The van der Waals surface area contributed by atoms with Crippen molar-refractivity contribution in [2.45, 2.75) is 44.9 Å². The number of hydrogen-bond donors (Lipinski definition) is 1. The lowest BCUT2D eigenvalue weighted by Gasteiger charge is -2.37. The molecule has 1 aromatic heterocycles. The van der Waals surface area contributed by atoms with E-state index in [4.69, 9.17) is 4.52 Å². The summed E-state index contributed by atoms with van der Waals surface area (Å²) < 4.78 is 5.03. The number of rotatable bonds is 4. The van der Waals surface area contributed by atoms with Crippen LogP contribution in [0.25, 0.3) is 0 Å². The molecule has 0 unspecified atom stereocenters. The molecule has 6 nitrogen and oxygen atoms in total. The van der Waals surface area contributed by atoms with Gasteiger partial charge in [0.2, 0.25) is 5.89 Å². The monoisotopic (exact) mass is 298 g/mol. The molecule has 1 aliphatic rings. The van der Waals surface area contributed by atoms with Gasteiger partial charge in [-0.3, -0.25) is 0 Å². The van der Waals surface area contributed by atoms with Crippen LogP contribution in [0.15, 0.2) is 4.52 Å². The number of carbonyl (C=O) groups is 1. The Balaban J connectivity index is 1.69. The third kappa shape index (κ3) is 3.88. The standard InChI is InChI=1S/C13H22N4O2S/c1-9-10(2)20-8-7-17(9)13(18)14-6-4-5-12-15-11(3)16-19-12/h9-10H,4-8H2,1-3H3,(H,14,18)/t9-,10+/m1/s1. The topological polar surface area (TPSA) is 71.3 Å². The largest absolute Gasteiger partial charge is 0.339 e. The van der Waals surface area contributed by atoms with E-state index < -0.39 is 0 Å². The first-order chi connectivity index (χ1) is 9.58. The summed E-state index contributed by atoms with van der Waals surface area (Å²) in [5.41, 5.74) is 0. The fourth-order valence-electron chi connectivity index (χ4n) is 2.20. The number of nitrogens with one attached hydrogen (secondary N) is 1. The zero-order valence-corrected chi connectivity index (χ0v) is 13.1. The minimum absolute atomic E-state index is 0.0337. The van der Waals surface area contributed by atoms with Crippen molar-refractivity contribution < 1.29 is 9.32 Å². The lowest BCUT2D eigenvalue weighted by Crippen LogP contribution is -2.52. The van der Waals surface area contributed by atoms with Crippen LogP contribution < -0.4 is 5.32 Å². The minimum Gasteiger partial charge on any atom is -0.339 e. The third-order valence-electron chi connectivity index (χ3n) is 3.56. The SMILES string of the molecule is Cc1noc(CCCNC(=O)N2CCS[C@@H](C)[C@H]2C)n1. The Labute approximate surface area is 123 Å². The summed E-state index contributed by atoms with van der Waals surface area (Å²) in [6.45, 7) is 7.53. The molecule has 0 spiro atoms. The van der Waals surface area contributed by atoms with Crippen molar-refractivity contribution in [1.29, 1.82) is 0 Å². The average Bonchev–Trinajstić information content (AvgIpc) is 2.83. The summed E-state index contributed by atoms with van der Waals surface area (Å²) >= 11 is 1.93. The molecule has 0 radical (unpaired) electrons. The van der Waals surface area contributed by atoms with Crippen molar-refractivity contribution in [3.8, 4) is 0 Å². The van der Waals surface area contributed by atoms with Gasteiger partial charge >= 0.3 is 6.03 Å². The van der Waals surface area contributed by atoms with Crippen LogP contribution in [0.5, 0.6) is 0 Å². The highest BCUT2D eigenvalue weighted by atomic mass is 32.2. The van der Waals surface area contributed by atoms with Crippen LogP contribution in [0.2, 0.25) is 0 Å². The van der Waals surface area contributed by atoms with Crippen LogP contribution in [-0.2, 0) is 6.42 Å². The maximum absolute atomic E-state index is 12.1. The summed E-state index contributed by atoms with van der Waals surface area (Å²) in [4.78, 5) is 18.2. The Hall–Kier alpha value is -1.24. The van der Waals surface area contributed by atoms with Gasteiger partial charge in [0.1, 0.15) is 0 Å². The van der Waals surface area contributed by atoms with Crippen molar-refractivity contribution in [3.63, 3.8) is 0 Å². The maximum Gasteiger partial charge on any atom is 0.317 e. The molecule has 2 amide bonds. The fraction of sp³-hybridized carbons (Fsp3) is 0.769. The van der Waals surface area contributed by atoms with Gasteiger partial charge in [0.15, 0.2) is 5.82 Å². The van der Waals surface area contributed by atoms with Crippen LogP contribution in [0.1, 0.15) is 32.0 Å². The number of aryl methyl sites for hydroxylation is 2. The number of urea groups is 1. The zero-order valence-electron chi connectivity index (χ0n) is 12.3. The van der Waals surface area contributed by atoms with Crippen LogP contribution in [0.4, 0.5) is 4.79 Å². The smallest absolute Gasteiger partial charge is 0.317 e. The van der Waals surface area contributed by atoms with Gasteiger partial charge in [0.25, 0.3) is 0 Å². The second-order valence-corrected chi connectivity index (χ2v) is 6.57. The number of hydrogen-bond acceptors (Lipinski definition) is 5. The quantitative estimate of drug-likeness (QED) is 0.859. The molecule has 1 aliphatic heterocycles. The van der Waals surface area contributed by atoms with Gasteiger partial charge in [-0.1, -0.05) is 12.1 Å². The van der Waals surface area contributed by atoms with E-state index in [1.807, 2.05) is 16.7 Å². The fourth-order valence-corrected chi connectivity index (χ4v) is 3.30. The Morgan fingerprint density at radius 1 is 1.55 bits per heavy atom. The molecule has 2 atom stereocenters. The maximum atomic E-state index is 12.1. The van der Waals surface area contributed by atoms with Gasteiger partial charge in [-0.25, -0.2) is 4.79 Å². The number of thioether (sulfide) groups is 1. The van der Waals surface area contributed by atoms with Gasteiger partial charge in [-0.2, -0.15) is 16.7 Å². The van der Waals surface area contributed by atoms with E-state index in [1.54, 1.807) is 6.92 Å². The third-order valence-corrected chi connectivity index (χ3v) is 4.90. The Kier molecular flexibility index (Phi) is 5.28. The van der Waals surface area contributed by atoms with Crippen LogP contribution in [0, 0.1) is 6.92 Å². The second kappa shape index (κ2) is 6.97. The lowest BCUT2D eigenvalue weighted by molar-refractivity contribution is 0.180. The van der Waals surface area contributed by atoms with E-state index >= 15 is 0 Å². The Bertz CT molecular complexity index is 451. The van der Waals surface area contributed by atoms with Crippen LogP contribution in [-0.4, -0.2) is 51.2 Å². The summed E-state index contributed by atoms with van der Waals surface area (Å²) in [5, 5.41) is 7.20. The molecule has 0 aromatic carbocycles. The van der Waals surface area contributed by atoms with Gasteiger partial charge in [-0.15, -0.1) is 0 Å². The molecule has 1 fully saturated rings. The molecule has 0 aliphatic carbocycles. The summed E-state index contributed by atoms with van der Waals surface area (Å²) in [6, 6.07) is 0.318. The highest BCUT2D eigenvalue weighted by Crippen LogP contribution is 2.23. The second-order valence-electron chi connectivity index (χ2n) is 5.08. The molecule has 0 bridgehead atoms. The molecular weight excluding hydrogens is 276 g/mol. The van der Waals surface area contributed by atoms with E-state index in [9.17, 15) is 4.79 Å². The molecule has 1 saturated heterocycles. The van der Waals surface area contributed by atoms with E-state index in [0.29, 0.717) is 29.9 Å². The average molecular weight is 298 g/mol. The normalized spacial score (nSPS) is 22.9. The molecule has 0 saturated carbocycles. The van der Waals surface area contributed by atoms with E-state index in [-0.39, 0.29) is 12.1 Å². The number of carbonyl (C=O) groups excluding carboxylic acids is 1. The molecule has 2 rings (SSSR count). The lowest BCUT2D eigenvalue weighted by atomic mass is 10.2. The number of nitrogens with zero attached hydrogens (tertiary/aromatic N) is 3. The molecule has 1 N–H and O–H groups in total. The van der Waals surface area contributed by atoms with Crippen molar-refractivity contribution >= 4 is 17.8 Å². The number of amides is 2. The molecule has 1 aromatic rings. The summed E-state index contributed by atoms with van der Waals surface area (Å²) in [7, 11) is 0. The van der Waals surface area contributed by atoms with Crippen LogP contribution in [0.3, 0.4) is 0 Å². The Morgan fingerprint density at radius 2 is 2.35 bits per heavy atom. The highest BCUT2D eigenvalue weighted by Gasteiger charge is 2.28.